The summed E-state index contributed by atoms with van der Waals surface area (Å²) in [5.74, 6) is 0.846. The predicted octanol–water partition coefficient (Wildman–Crippen LogP) is 4.30. The third-order valence-corrected chi connectivity index (χ3v) is 6.83. The van der Waals surface area contributed by atoms with E-state index in [1.807, 2.05) is 18.2 Å². The van der Waals surface area contributed by atoms with Crippen LogP contribution in [0, 0.1) is 0 Å². The van der Waals surface area contributed by atoms with Crippen molar-refractivity contribution in [3.63, 3.8) is 0 Å². The second-order valence-corrected chi connectivity index (χ2v) is 8.74. The first kappa shape index (κ1) is 18.5. The Balaban J connectivity index is 1.31. The van der Waals surface area contributed by atoms with Crippen LogP contribution in [0.15, 0.2) is 30.6 Å². The Hall–Kier alpha value is -2.51. The maximum atomic E-state index is 12.3. The number of ether oxygens (including phenoxy) is 1. The lowest BCUT2D eigenvalue weighted by Crippen LogP contribution is -2.26. The van der Waals surface area contributed by atoms with Crippen LogP contribution in [-0.2, 0) is 28.9 Å². The molecule has 0 saturated carbocycles. The van der Waals surface area contributed by atoms with Gasteiger partial charge in [-0.2, -0.15) is 0 Å². The van der Waals surface area contributed by atoms with E-state index in [4.69, 9.17) is 4.74 Å². The summed E-state index contributed by atoms with van der Waals surface area (Å²) in [6.45, 7) is 1.31. The maximum Gasteiger partial charge on any atom is 0.253 e. The highest BCUT2D eigenvalue weighted by Gasteiger charge is 2.23. The van der Waals surface area contributed by atoms with Crippen molar-refractivity contribution in [2.24, 2.45) is 0 Å². The molecule has 1 aromatic carbocycles. The number of thiophene rings is 1. The quantitative estimate of drug-likeness (QED) is 0.658. The minimum atomic E-state index is -0.323. The molecular formula is C22H24N4O2S. The largest absolute Gasteiger partial charge is 0.368 e. The van der Waals surface area contributed by atoms with E-state index in [1.54, 1.807) is 17.7 Å². The number of aryl methyl sites for hydroxylation is 2. The lowest BCUT2D eigenvalue weighted by atomic mass is 9.97. The zero-order valence-corrected chi connectivity index (χ0v) is 17.1. The van der Waals surface area contributed by atoms with Crippen LogP contribution in [0.1, 0.15) is 41.7 Å². The molecule has 1 amide bonds. The highest BCUT2D eigenvalue weighted by atomic mass is 32.1. The lowest BCUT2D eigenvalue weighted by molar-refractivity contribution is -0.124. The number of fused-ring (bicyclic) bond motifs is 3. The highest BCUT2D eigenvalue weighted by Crippen LogP contribution is 2.38. The molecule has 1 aliphatic carbocycles. The van der Waals surface area contributed by atoms with Crippen molar-refractivity contribution in [1.29, 1.82) is 0 Å². The van der Waals surface area contributed by atoms with E-state index < -0.39 is 0 Å². The smallest absolute Gasteiger partial charge is 0.253 e. The molecule has 2 aromatic heterocycles. The molecule has 2 aliphatic rings. The van der Waals surface area contributed by atoms with Gasteiger partial charge in [0.2, 0.25) is 0 Å². The summed E-state index contributed by atoms with van der Waals surface area (Å²) < 4.78 is 5.46. The van der Waals surface area contributed by atoms with Gasteiger partial charge in [-0.05, 0) is 61.8 Å². The monoisotopic (exact) mass is 408 g/mol. The van der Waals surface area contributed by atoms with Gasteiger partial charge >= 0.3 is 0 Å². The molecule has 29 heavy (non-hydrogen) atoms. The first-order valence-electron chi connectivity index (χ1n) is 10.3. The molecule has 1 unspecified atom stereocenters. The van der Waals surface area contributed by atoms with Gasteiger partial charge in [0.1, 0.15) is 23.1 Å². The summed E-state index contributed by atoms with van der Waals surface area (Å²) >= 11 is 1.81. The van der Waals surface area contributed by atoms with Gasteiger partial charge in [0.25, 0.3) is 5.91 Å². The number of hydrogen-bond donors (Lipinski definition) is 2. The molecular weight excluding hydrogens is 384 g/mol. The van der Waals surface area contributed by atoms with Gasteiger partial charge in [-0.3, -0.25) is 4.79 Å². The predicted molar refractivity (Wildman–Crippen MR) is 115 cm³/mol. The van der Waals surface area contributed by atoms with Crippen LogP contribution in [0.5, 0.6) is 0 Å². The van der Waals surface area contributed by atoms with E-state index in [1.165, 1.54) is 28.7 Å². The summed E-state index contributed by atoms with van der Waals surface area (Å²) in [7, 11) is 0. The number of hydrogen-bond acceptors (Lipinski definition) is 6. The Morgan fingerprint density at radius 1 is 1.21 bits per heavy atom. The van der Waals surface area contributed by atoms with Gasteiger partial charge in [0.05, 0.1) is 5.39 Å². The third-order valence-electron chi connectivity index (χ3n) is 5.63. The van der Waals surface area contributed by atoms with Crippen molar-refractivity contribution < 1.29 is 9.53 Å². The zero-order valence-electron chi connectivity index (χ0n) is 16.2. The van der Waals surface area contributed by atoms with Crippen molar-refractivity contribution >= 4 is 39.0 Å². The normalized spacial score (nSPS) is 18.6. The molecule has 2 N–H and O–H groups in total. The molecule has 5 rings (SSSR count). The van der Waals surface area contributed by atoms with Crippen LogP contribution in [0.3, 0.4) is 0 Å². The van der Waals surface area contributed by atoms with Crippen LogP contribution in [0.25, 0.3) is 10.2 Å². The SMILES string of the molecule is O=C(Nc1cccc(CNc2ncnc3sc4c(c23)CCCC4)c1)C1CCCO1. The Morgan fingerprint density at radius 3 is 3.03 bits per heavy atom. The minimum Gasteiger partial charge on any atom is -0.368 e. The molecule has 1 aliphatic heterocycles. The Bertz CT molecular complexity index is 1040. The summed E-state index contributed by atoms with van der Waals surface area (Å²) in [6.07, 6.45) is 7.83. The number of aromatic nitrogens is 2. The summed E-state index contributed by atoms with van der Waals surface area (Å²) in [5, 5.41) is 7.66. The van der Waals surface area contributed by atoms with Gasteiger partial charge in [-0.15, -0.1) is 11.3 Å². The average molecular weight is 409 g/mol. The van der Waals surface area contributed by atoms with Gasteiger partial charge in [0.15, 0.2) is 0 Å². The first-order valence-corrected chi connectivity index (χ1v) is 11.1. The summed E-state index contributed by atoms with van der Waals surface area (Å²) in [6, 6.07) is 7.93. The number of benzene rings is 1. The van der Waals surface area contributed by atoms with Crippen LogP contribution in [0.2, 0.25) is 0 Å². The molecule has 3 aromatic rings. The van der Waals surface area contributed by atoms with Crippen molar-refractivity contribution in [2.75, 3.05) is 17.2 Å². The highest BCUT2D eigenvalue weighted by molar-refractivity contribution is 7.19. The van der Waals surface area contributed by atoms with Crippen molar-refractivity contribution in [3.8, 4) is 0 Å². The number of rotatable bonds is 5. The molecule has 6 nitrogen and oxygen atoms in total. The van der Waals surface area contributed by atoms with E-state index in [0.717, 1.165) is 47.6 Å². The summed E-state index contributed by atoms with van der Waals surface area (Å²) in [4.78, 5) is 23.9. The standard InChI is InChI=1S/C22H24N4O2S/c27-21(17-8-4-10-28-17)26-15-6-3-5-14(11-15)12-23-20-19-16-7-1-2-9-18(16)29-22(19)25-13-24-20/h3,5-6,11,13,17H,1-2,4,7-10,12H2,(H,26,27)(H,23,24,25). The van der Waals surface area contributed by atoms with Gasteiger partial charge in [-0.25, -0.2) is 9.97 Å². The van der Waals surface area contributed by atoms with Crippen molar-refractivity contribution in [3.05, 3.63) is 46.6 Å². The average Bonchev–Trinajstić information content (AvgIpc) is 3.40. The van der Waals surface area contributed by atoms with Gasteiger partial charge < -0.3 is 15.4 Å². The van der Waals surface area contributed by atoms with Crippen LogP contribution < -0.4 is 10.6 Å². The fraction of sp³-hybridized carbons (Fsp3) is 0.409. The third kappa shape index (κ3) is 3.84. The summed E-state index contributed by atoms with van der Waals surface area (Å²) in [5.41, 5.74) is 3.31. The number of nitrogens with one attached hydrogen (secondary N) is 2. The number of carbonyl (C=O) groups excluding carboxylic acids is 1. The van der Waals surface area contributed by atoms with E-state index in [-0.39, 0.29) is 12.0 Å². The van der Waals surface area contributed by atoms with E-state index in [2.05, 4.69) is 26.7 Å². The molecule has 7 heteroatoms. The Labute approximate surface area is 173 Å². The minimum absolute atomic E-state index is 0.0602. The molecule has 3 heterocycles. The number of anilines is 2. The van der Waals surface area contributed by atoms with Crippen LogP contribution >= 0.6 is 11.3 Å². The van der Waals surface area contributed by atoms with Crippen molar-refractivity contribution in [1.82, 2.24) is 9.97 Å². The van der Waals surface area contributed by atoms with E-state index >= 15 is 0 Å². The van der Waals surface area contributed by atoms with Gasteiger partial charge in [-0.1, -0.05) is 12.1 Å². The molecule has 150 valence electrons. The second kappa shape index (κ2) is 8.08. The molecule has 1 fully saturated rings. The Morgan fingerprint density at radius 2 is 2.14 bits per heavy atom. The zero-order chi connectivity index (χ0) is 19.6. The topological polar surface area (TPSA) is 76.1 Å². The molecule has 1 atom stereocenters. The van der Waals surface area contributed by atoms with Crippen LogP contribution in [-0.4, -0.2) is 28.6 Å². The molecule has 1 saturated heterocycles. The van der Waals surface area contributed by atoms with Crippen LogP contribution in [0.4, 0.5) is 11.5 Å². The number of nitrogens with zero attached hydrogens (tertiary/aromatic N) is 2. The fourth-order valence-corrected chi connectivity index (χ4v) is 5.41. The lowest BCUT2D eigenvalue weighted by Gasteiger charge is -2.13. The second-order valence-electron chi connectivity index (χ2n) is 7.66. The fourth-order valence-electron chi connectivity index (χ4n) is 4.18. The van der Waals surface area contributed by atoms with Gasteiger partial charge in [0, 0.05) is 23.7 Å². The van der Waals surface area contributed by atoms with E-state index in [9.17, 15) is 4.79 Å². The van der Waals surface area contributed by atoms with Crippen molar-refractivity contribution in [2.45, 2.75) is 51.2 Å². The molecule has 0 bridgehead atoms. The first-order chi connectivity index (χ1) is 14.3. The maximum absolute atomic E-state index is 12.3. The Kier molecular flexibility index (Phi) is 5.16. The van der Waals surface area contributed by atoms with E-state index in [0.29, 0.717) is 13.2 Å². The molecule has 0 spiro atoms. The molecule has 0 radical (unpaired) electrons. The number of carbonyl (C=O) groups is 1. The number of amides is 1.